The molecule has 1 heterocycles. The minimum atomic E-state index is -0.510. The first-order chi connectivity index (χ1) is 12.5. The molecule has 0 saturated carbocycles. The summed E-state index contributed by atoms with van der Waals surface area (Å²) >= 11 is 6.27. The van der Waals surface area contributed by atoms with Crippen molar-refractivity contribution in [3.8, 4) is 11.5 Å². The Labute approximate surface area is 156 Å². The fourth-order valence-electron chi connectivity index (χ4n) is 2.49. The quantitative estimate of drug-likeness (QED) is 0.577. The molecule has 0 N–H and O–H groups in total. The van der Waals surface area contributed by atoms with Gasteiger partial charge in [-0.2, -0.15) is 0 Å². The molecule has 3 rings (SSSR count). The molecule has 26 heavy (non-hydrogen) atoms. The fourth-order valence-corrected chi connectivity index (χ4v) is 2.77. The molecular formula is C20H18ClNO4. The normalized spacial score (nSPS) is 15.0. The van der Waals surface area contributed by atoms with Crippen LogP contribution in [0.4, 0.5) is 0 Å². The van der Waals surface area contributed by atoms with Gasteiger partial charge in [-0.05, 0) is 49.8 Å². The number of ether oxygens (including phenoxy) is 3. The zero-order valence-corrected chi connectivity index (χ0v) is 15.5. The monoisotopic (exact) mass is 371 g/mol. The average Bonchev–Trinajstić information content (AvgIpc) is 2.98. The number of methoxy groups -OCH3 is 1. The molecular weight excluding hydrogens is 354 g/mol. The van der Waals surface area contributed by atoms with Crippen LogP contribution in [0.25, 0.3) is 6.08 Å². The van der Waals surface area contributed by atoms with Gasteiger partial charge in [-0.25, -0.2) is 9.79 Å². The Morgan fingerprint density at radius 2 is 1.96 bits per heavy atom. The van der Waals surface area contributed by atoms with Gasteiger partial charge in [0, 0.05) is 5.56 Å². The number of nitrogens with zero attached hydrogens (tertiary/aromatic N) is 1. The van der Waals surface area contributed by atoms with Crippen LogP contribution in [0.1, 0.15) is 23.6 Å². The van der Waals surface area contributed by atoms with E-state index in [0.717, 1.165) is 11.1 Å². The summed E-state index contributed by atoms with van der Waals surface area (Å²) in [4.78, 5) is 16.4. The number of aryl methyl sites for hydroxylation is 1. The van der Waals surface area contributed by atoms with Crippen LogP contribution in [-0.4, -0.2) is 25.6 Å². The molecule has 0 aromatic heterocycles. The summed E-state index contributed by atoms with van der Waals surface area (Å²) in [5.74, 6) is 0.728. The summed E-state index contributed by atoms with van der Waals surface area (Å²) < 4.78 is 16.1. The molecule has 0 bridgehead atoms. The van der Waals surface area contributed by atoms with E-state index >= 15 is 0 Å². The SMILES string of the molecule is CCOc1c(Cl)cc(/C=C2\N=C(c3ccc(C)cc3)OC2=O)cc1OC. The van der Waals surface area contributed by atoms with E-state index in [9.17, 15) is 4.79 Å². The number of cyclic esters (lactones) is 1. The van der Waals surface area contributed by atoms with Gasteiger partial charge in [-0.1, -0.05) is 29.3 Å². The van der Waals surface area contributed by atoms with Crippen molar-refractivity contribution in [2.45, 2.75) is 13.8 Å². The van der Waals surface area contributed by atoms with Crippen molar-refractivity contribution in [1.29, 1.82) is 0 Å². The molecule has 0 atom stereocenters. The minimum absolute atomic E-state index is 0.197. The molecule has 0 amide bonds. The summed E-state index contributed by atoms with van der Waals surface area (Å²) in [6.45, 7) is 4.31. The largest absolute Gasteiger partial charge is 0.493 e. The average molecular weight is 372 g/mol. The topological polar surface area (TPSA) is 57.1 Å². The number of rotatable bonds is 5. The van der Waals surface area contributed by atoms with E-state index in [1.165, 1.54) is 7.11 Å². The van der Waals surface area contributed by atoms with Crippen LogP contribution in [0.3, 0.4) is 0 Å². The second-order valence-electron chi connectivity index (χ2n) is 5.67. The smallest absolute Gasteiger partial charge is 0.363 e. The molecule has 134 valence electrons. The standard InChI is InChI=1S/C20H18ClNO4/c1-4-25-18-15(21)9-13(11-17(18)24-3)10-16-20(23)26-19(22-16)14-7-5-12(2)6-8-14/h5-11H,4H2,1-3H3/b16-10-. The van der Waals surface area contributed by atoms with Gasteiger partial charge in [-0.3, -0.25) is 0 Å². The third kappa shape index (κ3) is 3.73. The first-order valence-electron chi connectivity index (χ1n) is 8.11. The van der Waals surface area contributed by atoms with Crippen LogP contribution in [0.15, 0.2) is 47.1 Å². The number of hydrogen-bond donors (Lipinski definition) is 0. The number of carbonyl (C=O) groups excluding carboxylic acids is 1. The van der Waals surface area contributed by atoms with E-state index < -0.39 is 5.97 Å². The predicted molar refractivity (Wildman–Crippen MR) is 101 cm³/mol. The van der Waals surface area contributed by atoms with Gasteiger partial charge in [0.25, 0.3) is 0 Å². The number of hydrogen-bond acceptors (Lipinski definition) is 5. The molecule has 5 nitrogen and oxygen atoms in total. The van der Waals surface area contributed by atoms with Gasteiger partial charge in [0.2, 0.25) is 5.90 Å². The lowest BCUT2D eigenvalue weighted by Crippen LogP contribution is -2.05. The van der Waals surface area contributed by atoms with Gasteiger partial charge in [-0.15, -0.1) is 0 Å². The first-order valence-corrected chi connectivity index (χ1v) is 8.49. The Balaban J connectivity index is 1.95. The Morgan fingerprint density at radius 1 is 1.23 bits per heavy atom. The number of aliphatic imine (C=N–C) groups is 1. The van der Waals surface area contributed by atoms with Crippen molar-refractivity contribution in [2.24, 2.45) is 4.99 Å². The lowest BCUT2D eigenvalue weighted by Gasteiger charge is -2.11. The van der Waals surface area contributed by atoms with E-state index in [2.05, 4.69) is 4.99 Å². The summed E-state index contributed by atoms with van der Waals surface area (Å²) in [6, 6.07) is 11.0. The van der Waals surface area contributed by atoms with Gasteiger partial charge in [0.05, 0.1) is 18.7 Å². The number of benzene rings is 2. The van der Waals surface area contributed by atoms with Crippen molar-refractivity contribution in [3.05, 3.63) is 63.8 Å². The van der Waals surface area contributed by atoms with Crippen LogP contribution in [0.5, 0.6) is 11.5 Å². The highest BCUT2D eigenvalue weighted by atomic mass is 35.5. The maximum absolute atomic E-state index is 12.1. The zero-order valence-electron chi connectivity index (χ0n) is 14.7. The fraction of sp³-hybridized carbons (Fsp3) is 0.200. The van der Waals surface area contributed by atoms with Crippen LogP contribution < -0.4 is 9.47 Å². The van der Waals surface area contributed by atoms with E-state index in [1.54, 1.807) is 18.2 Å². The van der Waals surface area contributed by atoms with Crippen molar-refractivity contribution in [1.82, 2.24) is 0 Å². The second kappa shape index (κ2) is 7.62. The van der Waals surface area contributed by atoms with Crippen LogP contribution in [0.2, 0.25) is 5.02 Å². The predicted octanol–water partition coefficient (Wildman–Crippen LogP) is 4.40. The molecule has 0 spiro atoms. The van der Waals surface area contributed by atoms with E-state index in [-0.39, 0.29) is 11.6 Å². The van der Waals surface area contributed by atoms with E-state index in [0.29, 0.717) is 28.7 Å². The van der Waals surface area contributed by atoms with Gasteiger partial charge >= 0.3 is 5.97 Å². The molecule has 0 saturated heterocycles. The van der Waals surface area contributed by atoms with Crippen molar-refractivity contribution >= 4 is 29.5 Å². The Bertz CT molecular complexity index is 901. The lowest BCUT2D eigenvalue weighted by atomic mass is 10.1. The maximum Gasteiger partial charge on any atom is 0.363 e. The summed E-state index contributed by atoms with van der Waals surface area (Å²) in [5, 5.41) is 0.396. The van der Waals surface area contributed by atoms with Gasteiger partial charge in [0.1, 0.15) is 0 Å². The number of carbonyl (C=O) groups is 1. The van der Waals surface area contributed by atoms with Crippen molar-refractivity contribution < 1.29 is 19.0 Å². The Morgan fingerprint density at radius 3 is 2.62 bits per heavy atom. The maximum atomic E-state index is 12.1. The zero-order chi connectivity index (χ0) is 18.7. The molecule has 0 fully saturated rings. The molecule has 6 heteroatoms. The summed E-state index contributed by atoms with van der Waals surface area (Å²) in [7, 11) is 1.53. The number of halogens is 1. The summed E-state index contributed by atoms with van der Waals surface area (Å²) in [6.07, 6.45) is 1.60. The lowest BCUT2D eigenvalue weighted by molar-refractivity contribution is -0.129. The molecule has 0 aliphatic carbocycles. The second-order valence-corrected chi connectivity index (χ2v) is 6.08. The number of esters is 1. The molecule has 2 aromatic rings. The summed E-state index contributed by atoms with van der Waals surface area (Å²) in [5.41, 5.74) is 2.72. The molecule has 0 unspecified atom stereocenters. The van der Waals surface area contributed by atoms with Crippen molar-refractivity contribution in [3.63, 3.8) is 0 Å². The highest BCUT2D eigenvalue weighted by Gasteiger charge is 2.24. The Hall–Kier alpha value is -2.79. The first kappa shape index (κ1) is 18.0. The highest BCUT2D eigenvalue weighted by Crippen LogP contribution is 2.37. The van der Waals surface area contributed by atoms with Gasteiger partial charge < -0.3 is 14.2 Å². The highest BCUT2D eigenvalue weighted by molar-refractivity contribution is 6.32. The van der Waals surface area contributed by atoms with Crippen molar-refractivity contribution in [2.75, 3.05) is 13.7 Å². The molecule has 0 radical (unpaired) electrons. The van der Waals surface area contributed by atoms with Crippen LogP contribution >= 0.6 is 11.6 Å². The third-order valence-electron chi connectivity index (χ3n) is 3.76. The third-order valence-corrected chi connectivity index (χ3v) is 4.04. The minimum Gasteiger partial charge on any atom is -0.493 e. The van der Waals surface area contributed by atoms with E-state index in [4.69, 9.17) is 25.8 Å². The van der Waals surface area contributed by atoms with E-state index in [1.807, 2.05) is 38.1 Å². The Kier molecular flexibility index (Phi) is 5.28. The van der Waals surface area contributed by atoms with Crippen LogP contribution in [0, 0.1) is 6.92 Å². The molecule has 1 aliphatic rings. The van der Waals surface area contributed by atoms with Gasteiger partial charge in [0.15, 0.2) is 17.2 Å². The molecule has 2 aromatic carbocycles. The van der Waals surface area contributed by atoms with Crippen LogP contribution in [-0.2, 0) is 9.53 Å². The molecule has 1 aliphatic heterocycles.